The number of hydroxylamine groups is 1. The number of ether oxygens (including phenoxy) is 1. The van der Waals surface area contributed by atoms with Gasteiger partial charge in [-0.2, -0.15) is 16.1 Å². The molecule has 9 heteroatoms. The van der Waals surface area contributed by atoms with E-state index >= 15 is 0 Å². The molecule has 1 N–H and O–H groups in total. The van der Waals surface area contributed by atoms with E-state index in [9.17, 15) is 13.2 Å². The summed E-state index contributed by atoms with van der Waals surface area (Å²) in [5, 5.41) is 0. The van der Waals surface area contributed by atoms with Crippen LogP contribution in [0.3, 0.4) is 0 Å². The number of benzene rings is 3. The van der Waals surface area contributed by atoms with Gasteiger partial charge in [-0.25, -0.2) is 13.9 Å². The Hall–Kier alpha value is -2.85. The zero-order valence-corrected chi connectivity index (χ0v) is 26.4. The lowest BCUT2D eigenvalue weighted by molar-refractivity contribution is -0.149. The van der Waals surface area contributed by atoms with Gasteiger partial charge < -0.3 is 4.74 Å². The Morgan fingerprint density at radius 2 is 1.54 bits per heavy atom. The molecule has 3 aromatic carbocycles. The van der Waals surface area contributed by atoms with Crippen LogP contribution in [0.5, 0.6) is 5.75 Å². The summed E-state index contributed by atoms with van der Waals surface area (Å²) in [4.78, 5) is 19.1. The number of sulfonamides is 1. The summed E-state index contributed by atoms with van der Waals surface area (Å²) in [5.41, 5.74) is 5.38. The van der Waals surface area contributed by atoms with Crippen molar-refractivity contribution in [2.75, 3.05) is 19.4 Å². The molecule has 0 fully saturated rings. The average Bonchev–Trinajstić information content (AvgIpc) is 2.95. The quantitative estimate of drug-likeness (QED) is 0.167. The minimum atomic E-state index is -3.99. The first kappa shape index (κ1) is 32.7. The lowest BCUT2D eigenvalue weighted by Gasteiger charge is -2.32. The number of hydrogen-bond acceptors (Lipinski definition) is 6. The number of carbonyl (C=O) groups is 1. The lowest BCUT2D eigenvalue weighted by atomic mass is 10.0. The second-order valence-electron chi connectivity index (χ2n) is 11.2. The Morgan fingerprint density at radius 1 is 0.927 bits per heavy atom. The molecule has 1 unspecified atom stereocenters. The van der Waals surface area contributed by atoms with Gasteiger partial charge in [-0.3, -0.25) is 9.63 Å². The van der Waals surface area contributed by atoms with E-state index in [1.807, 2.05) is 52.8 Å². The minimum Gasteiger partial charge on any atom is -0.497 e. The molecule has 0 bridgehead atoms. The van der Waals surface area contributed by atoms with Crippen LogP contribution in [0, 0.1) is 5.92 Å². The molecule has 0 saturated carbocycles. The molecule has 0 aliphatic heterocycles. The van der Waals surface area contributed by atoms with E-state index in [-0.39, 0.29) is 17.4 Å². The highest BCUT2D eigenvalue weighted by atomic mass is 32.2. The van der Waals surface area contributed by atoms with E-state index in [4.69, 9.17) is 9.57 Å². The van der Waals surface area contributed by atoms with Crippen molar-refractivity contribution in [3.8, 4) is 16.9 Å². The van der Waals surface area contributed by atoms with Crippen LogP contribution in [0.1, 0.15) is 46.6 Å². The number of amides is 1. The highest BCUT2D eigenvalue weighted by Gasteiger charge is 2.36. The van der Waals surface area contributed by atoms with Gasteiger partial charge in [0.25, 0.3) is 5.91 Å². The zero-order valence-electron chi connectivity index (χ0n) is 24.8. The first-order valence-electron chi connectivity index (χ1n) is 13.8. The van der Waals surface area contributed by atoms with Crippen molar-refractivity contribution in [3.05, 3.63) is 84.4 Å². The summed E-state index contributed by atoms with van der Waals surface area (Å²) in [6.07, 6.45) is 0.328. The van der Waals surface area contributed by atoms with Gasteiger partial charge in [0, 0.05) is 12.3 Å². The standard InChI is InChI=1S/C32H42N2O5S2/c1-24(2)22-34(41(36,37)29-18-16-28(38-6)17-19-29)30(31(35)33-39-32(3,4)5)20-21-40-23-25-12-14-27(15-13-25)26-10-8-7-9-11-26/h7-19,24,30H,20-23H2,1-6H3,(H,33,35). The number of thioether (sulfide) groups is 1. The molecule has 1 amide bonds. The van der Waals surface area contributed by atoms with Crippen LogP contribution in [0.2, 0.25) is 0 Å². The van der Waals surface area contributed by atoms with Gasteiger partial charge >= 0.3 is 0 Å². The summed E-state index contributed by atoms with van der Waals surface area (Å²) < 4.78 is 34.3. The number of rotatable bonds is 14. The van der Waals surface area contributed by atoms with E-state index in [1.165, 1.54) is 29.1 Å². The Labute approximate surface area is 249 Å². The highest BCUT2D eigenvalue weighted by molar-refractivity contribution is 7.98. The van der Waals surface area contributed by atoms with Crippen LogP contribution in [-0.2, 0) is 25.4 Å². The van der Waals surface area contributed by atoms with Gasteiger partial charge in [-0.1, -0.05) is 68.4 Å². The van der Waals surface area contributed by atoms with Gasteiger partial charge in [0.15, 0.2) is 0 Å². The molecule has 0 aromatic heterocycles. The van der Waals surface area contributed by atoms with Gasteiger partial charge in [0.2, 0.25) is 10.0 Å². The number of carbonyl (C=O) groups excluding carboxylic acids is 1. The van der Waals surface area contributed by atoms with Crippen LogP contribution >= 0.6 is 11.8 Å². The molecule has 222 valence electrons. The van der Waals surface area contributed by atoms with Crippen molar-refractivity contribution in [2.24, 2.45) is 5.92 Å². The number of methoxy groups -OCH3 is 1. The first-order valence-corrected chi connectivity index (χ1v) is 16.4. The van der Waals surface area contributed by atoms with Crippen molar-refractivity contribution >= 4 is 27.7 Å². The number of hydrogen-bond donors (Lipinski definition) is 1. The van der Waals surface area contributed by atoms with E-state index in [0.717, 1.165) is 16.9 Å². The molecule has 7 nitrogen and oxygen atoms in total. The molecule has 41 heavy (non-hydrogen) atoms. The maximum atomic E-state index is 13.9. The van der Waals surface area contributed by atoms with Crippen LogP contribution in [-0.4, -0.2) is 49.7 Å². The monoisotopic (exact) mass is 598 g/mol. The molecule has 0 aliphatic carbocycles. The Kier molecular flexibility index (Phi) is 11.8. The van der Waals surface area contributed by atoms with Crippen LogP contribution < -0.4 is 10.2 Å². The fourth-order valence-corrected chi connectivity index (χ4v) is 6.87. The predicted molar refractivity (Wildman–Crippen MR) is 167 cm³/mol. The maximum Gasteiger partial charge on any atom is 0.262 e. The van der Waals surface area contributed by atoms with Gasteiger partial charge in [-0.15, -0.1) is 0 Å². The second-order valence-corrected chi connectivity index (χ2v) is 14.2. The van der Waals surface area contributed by atoms with Crippen molar-refractivity contribution in [3.63, 3.8) is 0 Å². The Balaban J connectivity index is 1.77. The molecular formula is C32H42N2O5S2. The van der Waals surface area contributed by atoms with Crippen molar-refractivity contribution in [1.29, 1.82) is 0 Å². The SMILES string of the molecule is COc1ccc(S(=O)(=O)N(CC(C)C)C(CCSCc2ccc(-c3ccccc3)cc2)C(=O)NOC(C)(C)C)cc1. The summed E-state index contributed by atoms with van der Waals surface area (Å²) >= 11 is 1.67. The van der Waals surface area contributed by atoms with Gasteiger partial charge in [0.05, 0.1) is 17.6 Å². The second kappa shape index (κ2) is 14.9. The van der Waals surface area contributed by atoms with Crippen molar-refractivity contribution in [1.82, 2.24) is 9.79 Å². The first-order chi connectivity index (χ1) is 19.4. The zero-order chi connectivity index (χ0) is 30.0. The molecule has 0 spiro atoms. The van der Waals surface area contributed by atoms with Crippen LogP contribution in [0.4, 0.5) is 0 Å². The third kappa shape index (κ3) is 9.88. The fourth-order valence-electron chi connectivity index (χ4n) is 4.12. The van der Waals surface area contributed by atoms with Gasteiger partial charge in [-0.05, 0) is 79.8 Å². The molecule has 0 aliphatic rings. The molecule has 0 heterocycles. The highest BCUT2D eigenvalue weighted by Crippen LogP contribution is 2.26. The van der Waals surface area contributed by atoms with Crippen LogP contribution in [0.15, 0.2) is 83.8 Å². The normalized spacial score (nSPS) is 12.9. The van der Waals surface area contributed by atoms with Crippen LogP contribution in [0.25, 0.3) is 11.1 Å². The molecule has 1 atom stereocenters. The van der Waals surface area contributed by atoms with Crippen molar-refractivity contribution in [2.45, 2.75) is 63.3 Å². The average molecular weight is 599 g/mol. The summed E-state index contributed by atoms with van der Waals surface area (Å²) in [7, 11) is -2.46. The van der Waals surface area contributed by atoms with E-state index in [1.54, 1.807) is 23.9 Å². The third-order valence-electron chi connectivity index (χ3n) is 6.18. The van der Waals surface area contributed by atoms with Crippen molar-refractivity contribution < 1.29 is 22.8 Å². The summed E-state index contributed by atoms with van der Waals surface area (Å²) in [5.74, 6) is 1.40. The number of nitrogens with zero attached hydrogens (tertiary/aromatic N) is 1. The Morgan fingerprint density at radius 3 is 2.10 bits per heavy atom. The molecule has 0 saturated heterocycles. The lowest BCUT2D eigenvalue weighted by Crippen LogP contribution is -2.52. The largest absolute Gasteiger partial charge is 0.497 e. The fraction of sp³-hybridized carbons (Fsp3) is 0.406. The molecule has 3 aromatic rings. The molecular weight excluding hydrogens is 556 g/mol. The van der Waals surface area contributed by atoms with E-state index in [2.05, 4.69) is 41.9 Å². The summed E-state index contributed by atoms with van der Waals surface area (Å²) in [6.45, 7) is 9.52. The predicted octanol–water partition coefficient (Wildman–Crippen LogP) is 6.55. The van der Waals surface area contributed by atoms with E-state index in [0.29, 0.717) is 17.9 Å². The molecule has 0 radical (unpaired) electrons. The summed E-state index contributed by atoms with van der Waals surface area (Å²) in [6, 6.07) is 23.9. The molecule has 3 rings (SSSR count). The smallest absolute Gasteiger partial charge is 0.262 e. The Bertz CT molecular complexity index is 1340. The minimum absolute atomic E-state index is 0.00219. The van der Waals surface area contributed by atoms with E-state index < -0.39 is 27.6 Å². The van der Waals surface area contributed by atoms with Gasteiger partial charge in [0.1, 0.15) is 11.8 Å². The number of nitrogens with one attached hydrogen (secondary N) is 1. The third-order valence-corrected chi connectivity index (χ3v) is 9.14. The maximum absolute atomic E-state index is 13.9. The topological polar surface area (TPSA) is 84.9 Å².